The minimum absolute atomic E-state index is 0.104. The van der Waals surface area contributed by atoms with Crippen LogP contribution in [0.2, 0.25) is 0 Å². The summed E-state index contributed by atoms with van der Waals surface area (Å²) in [6, 6.07) is 0. The van der Waals surface area contributed by atoms with Gasteiger partial charge >= 0.3 is 11.4 Å². The van der Waals surface area contributed by atoms with Crippen molar-refractivity contribution in [1.29, 1.82) is 0 Å². The predicted octanol–water partition coefficient (Wildman–Crippen LogP) is 4.32. The smallest absolute Gasteiger partial charge is 0.310 e. The molecular weight excluding hydrogens is 516 g/mol. The van der Waals surface area contributed by atoms with E-state index in [1.165, 1.54) is 12.4 Å². The maximum absolute atomic E-state index is 11.1. The lowest BCUT2D eigenvalue weighted by Crippen LogP contribution is -2.10. The highest BCUT2D eigenvalue weighted by Crippen LogP contribution is 2.22. The van der Waals surface area contributed by atoms with Crippen LogP contribution in [0.1, 0.15) is 63.3 Å². The molecule has 4 heterocycles. The molecule has 0 saturated heterocycles. The van der Waals surface area contributed by atoms with Crippen molar-refractivity contribution in [1.82, 2.24) is 38.7 Å². The fraction of sp³-hybridized carbons (Fsp3) is 0.538. The molecule has 0 aliphatic heterocycles. The molecule has 0 spiro atoms. The summed E-state index contributed by atoms with van der Waals surface area (Å²) >= 11 is 0. The van der Waals surface area contributed by atoms with E-state index in [-0.39, 0.29) is 21.2 Å². The number of rotatable bonds is 12. The van der Waals surface area contributed by atoms with Crippen molar-refractivity contribution in [3.63, 3.8) is 0 Å². The van der Waals surface area contributed by atoms with Crippen LogP contribution >= 0.6 is 0 Å². The van der Waals surface area contributed by atoms with E-state index in [1.807, 2.05) is 23.2 Å². The lowest BCUT2D eigenvalue weighted by Gasteiger charge is -2.09. The van der Waals surface area contributed by atoms with Crippen molar-refractivity contribution in [2.24, 2.45) is 25.9 Å². The first-order chi connectivity index (χ1) is 19.0. The fourth-order valence-corrected chi connectivity index (χ4v) is 4.05. The first-order valence-electron chi connectivity index (χ1n) is 13.3. The molecule has 0 aliphatic rings. The molecular formula is C26H38N10O4. The number of aryl methyl sites for hydroxylation is 3. The molecule has 0 aliphatic carbocycles. The van der Waals surface area contributed by atoms with Crippen LogP contribution in [0.3, 0.4) is 0 Å². The maximum Gasteiger partial charge on any atom is 0.310 e. The van der Waals surface area contributed by atoms with Gasteiger partial charge < -0.3 is 9.13 Å². The third-order valence-corrected chi connectivity index (χ3v) is 6.52. The van der Waals surface area contributed by atoms with Crippen LogP contribution in [0.5, 0.6) is 0 Å². The van der Waals surface area contributed by atoms with E-state index in [0.29, 0.717) is 49.2 Å². The van der Waals surface area contributed by atoms with E-state index < -0.39 is 0 Å². The molecule has 216 valence electrons. The second-order valence-corrected chi connectivity index (χ2v) is 10.7. The van der Waals surface area contributed by atoms with Crippen LogP contribution in [-0.4, -0.2) is 48.5 Å². The molecule has 4 rings (SSSR count). The number of nitrogens with zero attached hydrogens (tertiary/aromatic N) is 10. The Morgan fingerprint density at radius 2 is 1.35 bits per heavy atom. The second kappa shape index (κ2) is 13.6. The maximum atomic E-state index is 11.1. The molecule has 0 fully saturated rings. The summed E-state index contributed by atoms with van der Waals surface area (Å²) in [4.78, 5) is 29.5. The summed E-state index contributed by atoms with van der Waals surface area (Å²) in [6.07, 6.45) is 12.8. The van der Waals surface area contributed by atoms with Crippen molar-refractivity contribution in [3.8, 4) is 0 Å². The summed E-state index contributed by atoms with van der Waals surface area (Å²) in [5.41, 5.74) is 3.38. The Hall–Kier alpha value is -4.36. The van der Waals surface area contributed by atoms with Crippen LogP contribution in [0.15, 0.2) is 37.4 Å². The predicted molar refractivity (Wildman–Crippen MR) is 149 cm³/mol. The van der Waals surface area contributed by atoms with Crippen LogP contribution < -0.4 is 0 Å². The van der Waals surface area contributed by atoms with Gasteiger partial charge in [0, 0.05) is 14.1 Å². The zero-order chi connectivity index (χ0) is 29.4. The molecule has 0 amide bonds. The van der Waals surface area contributed by atoms with E-state index in [1.54, 1.807) is 34.4 Å². The summed E-state index contributed by atoms with van der Waals surface area (Å²) in [5, 5.41) is 30.7. The zero-order valence-corrected chi connectivity index (χ0v) is 24.0. The van der Waals surface area contributed by atoms with Crippen molar-refractivity contribution in [2.45, 2.75) is 66.5 Å². The minimum Gasteiger partial charge on any atom is -0.336 e. The quantitative estimate of drug-likeness (QED) is 0.185. The van der Waals surface area contributed by atoms with Crippen molar-refractivity contribution >= 4 is 11.4 Å². The van der Waals surface area contributed by atoms with Crippen LogP contribution in [-0.2, 0) is 40.0 Å². The topological polar surface area (TPSA) is 158 Å². The monoisotopic (exact) mass is 554 g/mol. The summed E-state index contributed by atoms with van der Waals surface area (Å²) in [6.45, 7) is 9.38. The van der Waals surface area contributed by atoms with E-state index >= 15 is 0 Å². The average molecular weight is 555 g/mol. The van der Waals surface area contributed by atoms with Crippen molar-refractivity contribution < 1.29 is 9.85 Å². The lowest BCUT2D eigenvalue weighted by molar-refractivity contribution is -0.385. The van der Waals surface area contributed by atoms with Gasteiger partial charge in [-0.05, 0) is 37.5 Å². The van der Waals surface area contributed by atoms with Crippen LogP contribution in [0, 0.1) is 32.1 Å². The first-order valence-corrected chi connectivity index (χ1v) is 13.3. The van der Waals surface area contributed by atoms with E-state index in [0.717, 1.165) is 24.2 Å². The highest BCUT2D eigenvalue weighted by molar-refractivity contribution is 5.34. The normalized spacial score (nSPS) is 11.2. The van der Waals surface area contributed by atoms with Gasteiger partial charge in [0.1, 0.15) is 23.8 Å². The zero-order valence-electron chi connectivity index (χ0n) is 24.0. The molecule has 0 N–H and O–H groups in total. The summed E-state index contributed by atoms with van der Waals surface area (Å²) < 4.78 is 7.09. The highest BCUT2D eigenvalue weighted by atomic mass is 16.6. The molecule has 0 unspecified atom stereocenters. The molecule has 4 aromatic heterocycles. The van der Waals surface area contributed by atoms with Gasteiger partial charge in [-0.25, -0.2) is 9.97 Å². The molecule has 0 radical (unpaired) electrons. The third-order valence-electron chi connectivity index (χ3n) is 6.52. The van der Waals surface area contributed by atoms with Gasteiger partial charge in [0.15, 0.2) is 0 Å². The van der Waals surface area contributed by atoms with E-state index in [2.05, 4.69) is 47.9 Å². The minimum atomic E-state index is -0.359. The number of aromatic nitrogens is 8. The Morgan fingerprint density at radius 3 is 1.85 bits per heavy atom. The standard InChI is InChI=1S/2C13H19N5O2/c1-10(2)4-5-12-13(18(19)20)7-15-17(12)8-11-6-14-9-16(11)3;1-10(2)4-5-12-13(18(19)20)8-17(15-12)7-11-6-14-9-16(11)3/h6-7,9-10H,4-5,8H2,1-3H3;6,8-10H,4-5,7H2,1-3H3. The number of hydrogen-bond donors (Lipinski definition) is 0. The molecule has 14 heteroatoms. The third kappa shape index (κ3) is 8.07. The van der Waals surface area contributed by atoms with Crippen molar-refractivity contribution in [3.05, 3.63) is 80.4 Å². The molecule has 0 bridgehead atoms. The first kappa shape index (κ1) is 30.2. The highest BCUT2D eigenvalue weighted by Gasteiger charge is 2.21. The SMILES string of the molecule is CC(C)CCc1c([N+](=O)[O-])cnn1Cc1cncn1C.CC(C)CCc1nn(Cc2cncn2C)cc1[N+](=O)[O-]. The van der Waals surface area contributed by atoms with Crippen molar-refractivity contribution in [2.75, 3.05) is 0 Å². The number of imidazole rings is 2. The Balaban J connectivity index is 0.000000220. The van der Waals surface area contributed by atoms with Gasteiger partial charge in [-0.15, -0.1) is 0 Å². The van der Waals surface area contributed by atoms with E-state index in [9.17, 15) is 20.2 Å². The Bertz CT molecular complexity index is 1400. The van der Waals surface area contributed by atoms with Gasteiger partial charge in [0.25, 0.3) is 0 Å². The number of nitro groups is 2. The lowest BCUT2D eigenvalue weighted by atomic mass is 10.1. The average Bonchev–Trinajstić information content (AvgIpc) is 3.66. The van der Waals surface area contributed by atoms with Crippen LogP contribution in [0.25, 0.3) is 0 Å². The molecule has 4 aromatic rings. The fourth-order valence-electron chi connectivity index (χ4n) is 4.05. The molecule has 0 aromatic carbocycles. The molecule has 40 heavy (non-hydrogen) atoms. The van der Waals surface area contributed by atoms with Gasteiger partial charge in [-0.3, -0.25) is 29.6 Å². The van der Waals surface area contributed by atoms with Crippen LogP contribution in [0.4, 0.5) is 11.4 Å². The molecule has 0 saturated carbocycles. The largest absolute Gasteiger partial charge is 0.336 e. The van der Waals surface area contributed by atoms with Gasteiger partial charge in [-0.1, -0.05) is 27.7 Å². The Labute approximate surface area is 233 Å². The molecule has 0 atom stereocenters. The summed E-state index contributed by atoms with van der Waals surface area (Å²) in [5.74, 6) is 0.992. The van der Waals surface area contributed by atoms with Gasteiger partial charge in [0.05, 0.1) is 59.4 Å². The summed E-state index contributed by atoms with van der Waals surface area (Å²) in [7, 11) is 3.79. The van der Waals surface area contributed by atoms with Gasteiger partial charge in [-0.2, -0.15) is 10.2 Å². The number of hydrogen-bond acceptors (Lipinski definition) is 8. The Morgan fingerprint density at radius 1 is 0.800 bits per heavy atom. The Kier molecular flexibility index (Phi) is 10.3. The van der Waals surface area contributed by atoms with E-state index in [4.69, 9.17) is 0 Å². The second-order valence-electron chi connectivity index (χ2n) is 10.7. The molecule has 14 nitrogen and oxygen atoms in total. The van der Waals surface area contributed by atoms with Gasteiger partial charge in [0.2, 0.25) is 0 Å².